The lowest BCUT2D eigenvalue weighted by molar-refractivity contribution is -0.112. The lowest BCUT2D eigenvalue weighted by atomic mass is 10.1. The van der Waals surface area contributed by atoms with Crippen molar-refractivity contribution in [3.8, 4) is 0 Å². The number of hydrogen-bond donors (Lipinski definition) is 1. The lowest BCUT2D eigenvalue weighted by Crippen LogP contribution is -2.27. The molecule has 0 unspecified atom stereocenters. The fourth-order valence-corrected chi connectivity index (χ4v) is 2.38. The standard InChI is InChI=1S/C15H21N3O2/c1-4-18(9-5-8-17(2)3)11-6-7-12-13(10-11)16-15(20)14(12)19/h6-7,10H,4-5,8-9H2,1-3H3,(H,16,19,20). The summed E-state index contributed by atoms with van der Waals surface area (Å²) in [6.45, 7) is 4.99. The summed E-state index contributed by atoms with van der Waals surface area (Å²) in [6, 6.07) is 5.53. The number of ketones is 1. The van der Waals surface area contributed by atoms with Gasteiger partial charge in [0.25, 0.3) is 11.7 Å². The van der Waals surface area contributed by atoms with E-state index in [1.165, 1.54) is 0 Å². The number of anilines is 2. The lowest BCUT2D eigenvalue weighted by Gasteiger charge is -2.24. The van der Waals surface area contributed by atoms with Crippen molar-refractivity contribution < 1.29 is 9.59 Å². The first-order valence-electron chi connectivity index (χ1n) is 6.92. The molecule has 5 nitrogen and oxygen atoms in total. The van der Waals surface area contributed by atoms with E-state index in [0.717, 1.165) is 31.7 Å². The van der Waals surface area contributed by atoms with Gasteiger partial charge in [-0.1, -0.05) is 0 Å². The molecule has 108 valence electrons. The molecule has 0 spiro atoms. The van der Waals surface area contributed by atoms with E-state index in [2.05, 4.69) is 36.1 Å². The first-order chi connectivity index (χ1) is 9.52. The van der Waals surface area contributed by atoms with Crippen molar-refractivity contribution >= 4 is 23.1 Å². The van der Waals surface area contributed by atoms with Crippen LogP contribution in [-0.2, 0) is 4.79 Å². The van der Waals surface area contributed by atoms with Crippen molar-refractivity contribution in [1.29, 1.82) is 0 Å². The monoisotopic (exact) mass is 275 g/mol. The fourth-order valence-electron chi connectivity index (χ4n) is 2.38. The Balaban J connectivity index is 2.10. The van der Waals surface area contributed by atoms with E-state index in [4.69, 9.17) is 0 Å². The number of carbonyl (C=O) groups is 2. The largest absolute Gasteiger partial charge is 0.372 e. The minimum absolute atomic E-state index is 0.442. The van der Waals surface area contributed by atoms with Gasteiger partial charge in [0.15, 0.2) is 0 Å². The van der Waals surface area contributed by atoms with Crippen molar-refractivity contribution in [3.63, 3.8) is 0 Å². The molecule has 0 bridgehead atoms. The normalized spacial score (nSPS) is 13.6. The summed E-state index contributed by atoms with van der Waals surface area (Å²) < 4.78 is 0. The zero-order valence-electron chi connectivity index (χ0n) is 12.3. The van der Waals surface area contributed by atoms with Crippen molar-refractivity contribution in [2.75, 3.05) is 43.9 Å². The Morgan fingerprint density at radius 2 is 1.90 bits per heavy atom. The first kappa shape index (κ1) is 14.5. The third-order valence-corrected chi connectivity index (χ3v) is 3.48. The molecular formula is C15H21N3O2. The van der Waals surface area contributed by atoms with Crippen LogP contribution in [0.4, 0.5) is 11.4 Å². The maximum absolute atomic E-state index is 11.6. The number of amides is 1. The van der Waals surface area contributed by atoms with Gasteiger partial charge in [0.2, 0.25) is 0 Å². The summed E-state index contributed by atoms with van der Waals surface area (Å²) >= 11 is 0. The average Bonchev–Trinajstić information content (AvgIpc) is 2.69. The first-order valence-corrected chi connectivity index (χ1v) is 6.92. The highest BCUT2D eigenvalue weighted by Gasteiger charge is 2.28. The highest BCUT2D eigenvalue weighted by molar-refractivity contribution is 6.51. The smallest absolute Gasteiger partial charge is 0.296 e. The molecule has 5 heteroatoms. The predicted octanol–water partition coefficient (Wildman–Crippen LogP) is 1.60. The molecule has 0 atom stereocenters. The van der Waals surface area contributed by atoms with Gasteiger partial charge in [-0.25, -0.2) is 0 Å². The number of fused-ring (bicyclic) bond motifs is 1. The van der Waals surface area contributed by atoms with Crippen LogP contribution < -0.4 is 10.2 Å². The molecule has 2 rings (SSSR count). The Bertz CT molecular complexity index is 526. The van der Waals surface area contributed by atoms with Crippen LogP contribution in [0.2, 0.25) is 0 Å². The van der Waals surface area contributed by atoms with Crippen LogP contribution in [0.3, 0.4) is 0 Å². The van der Waals surface area contributed by atoms with Gasteiger partial charge in [0, 0.05) is 18.8 Å². The highest BCUT2D eigenvalue weighted by Crippen LogP contribution is 2.28. The Morgan fingerprint density at radius 3 is 2.55 bits per heavy atom. The van der Waals surface area contributed by atoms with Crippen LogP contribution in [0.25, 0.3) is 0 Å². The third-order valence-electron chi connectivity index (χ3n) is 3.48. The molecule has 0 saturated heterocycles. The van der Waals surface area contributed by atoms with Crippen molar-refractivity contribution in [2.45, 2.75) is 13.3 Å². The Kier molecular flexibility index (Phi) is 4.39. The van der Waals surface area contributed by atoms with E-state index in [9.17, 15) is 9.59 Å². The van der Waals surface area contributed by atoms with Gasteiger partial charge in [-0.05, 0) is 52.2 Å². The zero-order valence-corrected chi connectivity index (χ0v) is 12.3. The molecule has 0 aliphatic carbocycles. The number of carbonyl (C=O) groups excluding carboxylic acids is 2. The van der Waals surface area contributed by atoms with Crippen LogP contribution in [0.5, 0.6) is 0 Å². The molecule has 0 fully saturated rings. The summed E-state index contributed by atoms with van der Waals surface area (Å²) in [4.78, 5) is 27.3. The van der Waals surface area contributed by atoms with Gasteiger partial charge in [0.1, 0.15) is 0 Å². The summed E-state index contributed by atoms with van der Waals surface area (Å²) in [6.07, 6.45) is 1.07. The highest BCUT2D eigenvalue weighted by atomic mass is 16.2. The Hall–Kier alpha value is -1.88. The van der Waals surface area contributed by atoms with E-state index in [-0.39, 0.29) is 0 Å². The number of hydrogen-bond acceptors (Lipinski definition) is 4. The van der Waals surface area contributed by atoms with Gasteiger partial charge in [0.05, 0.1) is 11.3 Å². The Morgan fingerprint density at radius 1 is 1.15 bits per heavy atom. The van der Waals surface area contributed by atoms with Gasteiger partial charge in [-0.3, -0.25) is 9.59 Å². The maximum atomic E-state index is 11.6. The topological polar surface area (TPSA) is 52.6 Å². The van der Waals surface area contributed by atoms with Gasteiger partial charge in [-0.2, -0.15) is 0 Å². The molecule has 1 amide bonds. The molecule has 1 aliphatic heterocycles. The molecule has 1 aromatic carbocycles. The minimum Gasteiger partial charge on any atom is -0.372 e. The molecule has 20 heavy (non-hydrogen) atoms. The summed E-state index contributed by atoms with van der Waals surface area (Å²) in [7, 11) is 4.12. The van der Waals surface area contributed by atoms with E-state index in [1.807, 2.05) is 12.1 Å². The molecule has 1 N–H and O–H groups in total. The third kappa shape index (κ3) is 2.99. The average molecular weight is 275 g/mol. The van der Waals surface area contributed by atoms with Crippen LogP contribution >= 0.6 is 0 Å². The van der Waals surface area contributed by atoms with Crippen LogP contribution in [0.15, 0.2) is 18.2 Å². The van der Waals surface area contributed by atoms with Gasteiger partial charge < -0.3 is 15.1 Å². The van der Waals surface area contributed by atoms with Crippen LogP contribution in [0.1, 0.15) is 23.7 Å². The summed E-state index contributed by atoms with van der Waals surface area (Å²) in [5.74, 6) is -0.977. The van der Waals surface area contributed by atoms with E-state index < -0.39 is 11.7 Å². The second kappa shape index (κ2) is 6.05. The molecule has 0 radical (unpaired) electrons. The summed E-state index contributed by atoms with van der Waals surface area (Å²) in [5.41, 5.74) is 2.15. The minimum atomic E-state index is -0.534. The van der Waals surface area contributed by atoms with E-state index >= 15 is 0 Å². The second-order valence-corrected chi connectivity index (χ2v) is 5.25. The predicted molar refractivity (Wildman–Crippen MR) is 80.5 cm³/mol. The van der Waals surface area contributed by atoms with E-state index in [0.29, 0.717) is 11.3 Å². The van der Waals surface area contributed by atoms with Gasteiger partial charge >= 0.3 is 0 Å². The van der Waals surface area contributed by atoms with Crippen LogP contribution in [-0.4, -0.2) is 50.3 Å². The molecule has 0 saturated carbocycles. The number of Topliss-reactive ketones (excluding diaryl/α,β-unsaturated/α-hetero) is 1. The number of nitrogens with one attached hydrogen (secondary N) is 1. The Labute approximate surface area is 119 Å². The SMILES string of the molecule is CCN(CCCN(C)C)c1ccc2c(c1)NC(=O)C2=O. The molecule has 1 aliphatic rings. The molecular weight excluding hydrogens is 254 g/mol. The summed E-state index contributed by atoms with van der Waals surface area (Å²) in [5, 5.41) is 2.62. The molecule has 0 aromatic heterocycles. The fraction of sp³-hybridized carbons (Fsp3) is 0.467. The van der Waals surface area contributed by atoms with Crippen LogP contribution in [0, 0.1) is 0 Å². The van der Waals surface area contributed by atoms with Gasteiger partial charge in [-0.15, -0.1) is 0 Å². The van der Waals surface area contributed by atoms with Crippen molar-refractivity contribution in [1.82, 2.24) is 4.90 Å². The van der Waals surface area contributed by atoms with Crippen molar-refractivity contribution in [3.05, 3.63) is 23.8 Å². The number of rotatable bonds is 6. The van der Waals surface area contributed by atoms with E-state index in [1.54, 1.807) is 6.07 Å². The number of benzene rings is 1. The quantitative estimate of drug-likeness (QED) is 0.801. The maximum Gasteiger partial charge on any atom is 0.296 e. The molecule has 1 aromatic rings. The second-order valence-electron chi connectivity index (χ2n) is 5.25. The van der Waals surface area contributed by atoms with Crippen molar-refractivity contribution in [2.24, 2.45) is 0 Å². The molecule has 1 heterocycles. The zero-order chi connectivity index (χ0) is 14.7. The number of nitrogens with zero attached hydrogens (tertiary/aromatic N) is 2.